The number of sulfonamides is 1. The second kappa shape index (κ2) is 6.67. The summed E-state index contributed by atoms with van der Waals surface area (Å²) in [6.07, 6.45) is 0. The molecule has 0 aliphatic rings. The van der Waals surface area contributed by atoms with Crippen LogP contribution in [0.5, 0.6) is 0 Å². The smallest absolute Gasteiger partial charge is 0.316 e. The summed E-state index contributed by atoms with van der Waals surface area (Å²) < 4.78 is 31.3. The first kappa shape index (κ1) is 17.8. The fourth-order valence-corrected chi connectivity index (χ4v) is 3.52. The summed E-state index contributed by atoms with van der Waals surface area (Å²) in [7, 11) is -2.32. The topological polar surface area (TPSA) is 98.5 Å². The molecule has 6 nitrogen and oxygen atoms in total. The van der Waals surface area contributed by atoms with Crippen molar-refractivity contribution in [2.45, 2.75) is 36.2 Å². The minimum Gasteiger partial charge on any atom is -0.459 e. The lowest BCUT2D eigenvalue weighted by Crippen LogP contribution is -2.25. The number of rotatable bonds is 5. The molecule has 0 spiro atoms. The predicted octanol–water partition coefficient (Wildman–Crippen LogP) is 1.61. The second-order valence-electron chi connectivity index (χ2n) is 5.29. The van der Waals surface area contributed by atoms with Gasteiger partial charge in [0, 0.05) is 10.6 Å². The number of hydrogen-bond acceptors (Lipinski definition) is 6. The van der Waals surface area contributed by atoms with Gasteiger partial charge in [-0.15, -0.1) is 11.8 Å². The Labute approximate surface area is 129 Å². The van der Waals surface area contributed by atoms with Crippen molar-refractivity contribution in [3.63, 3.8) is 0 Å². The van der Waals surface area contributed by atoms with E-state index >= 15 is 0 Å². The van der Waals surface area contributed by atoms with Gasteiger partial charge in [-0.1, -0.05) is 0 Å². The Kier molecular flexibility index (Phi) is 5.66. The molecule has 0 unspecified atom stereocenters. The molecule has 0 saturated carbocycles. The van der Waals surface area contributed by atoms with Gasteiger partial charge in [0.15, 0.2) is 0 Å². The van der Waals surface area contributed by atoms with E-state index in [4.69, 9.17) is 10.5 Å². The summed E-state index contributed by atoms with van der Waals surface area (Å²) in [6, 6.07) is 4.53. The minimum atomic E-state index is -3.64. The molecule has 0 fully saturated rings. The van der Waals surface area contributed by atoms with Gasteiger partial charge in [-0.3, -0.25) is 4.79 Å². The Morgan fingerprint density at radius 3 is 2.52 bits per heavy atom. The molecule has 0 aromatic heterocycles. The monoisotopic (exact) mass is 332 g/mol. The van der Waals surface area contributed by atoms with Gasteiger partial charge < -0.3 is 10.5 Å². The van der Waals surface area contributed by atoms with Gasteiger partial charge in [0.2, 0.25) is 10.0 Å². The zero-order valence-corrected chi connectivity index (χ0v) is 14.1. The number of ether oxygens (including phenoxy) is 1. The zero-order valence-electron chi connectivity index (χ0n) is 12.5. The summed E-state index contributed by atoms with van der Waals surface area (Å²) >= 11 is 1.10. The molecule has 1 rings (SSSR count). The van der Waals surface area contributed by atoms with Gasteiger partial charge in [0.25, 0.3) is 0 Å². The van der Waals surface area contributed by atoms with E-state index in [9.17, 15) is 13.2 Å². The van der Waals surface area contributed by atoms with E-state index in [0.29, 0.717) is 10.6 Å². The quantitative estimate of drug-likeness (QED) is 0.483. The summed E-state index contributed by atoms with van der Waals surface area (Å²) in [5.41, 5.74) is 5.39. The van der Waals surface area contributed by atoms with Gasteiger partial charge in [0.1, 0.15) is 5.60 Å². The molecule has 0 bridgehead atoms. The van der Waals surface area contributed by atoms with Crippen molar-refractivity contribution in [3.8, 4) is 0 Å². The molecule has 0 radical (unpaired) electrons. The lowest BCUT2D eigenvalue weighted by Gasteiger charge is -2.19. The third-order valence-electron chi connectivity index (χ3n) is 2.29. The van der Waals surface area contributed by atoms with E-state index in [1.807, 2.05) is 0 Å². The summed E-state index contributed by atoms with van der Waals surface area (Å²) in [4.78, 5) is 12.2. The number of anilines is 1. The number of hydrogen-bond donors (Lipinski definition) is 2. The van der Waals surface area contributed by atoms with Crippen molar-refractivity contribution in [2.24, 2.45) is 0 Å². The van der Waals surface area contributed by atoms with Crippen molar-refractivity contribution in [1.82, 2.24) is 4.72 Å². The molecule has 1 aromatic carbocycles. The maximum atomic E-state index is 12.0. The Balaban J connectivity index is 2.92. The number of nitrogens with two attached hydrogens (primary N) is 1. The SMILES string of the molecule is CNS(=O)(=O)c1cc(N)ccc1SCC(=O)OC(C)(C)C. The molecular weight excluding hydrogens is 312 g/mol. The first-order chi connectivity index (χ1) is 9.55. The van der Waals surface area contributed by atoms with Crippen molar-refractivity contribution in [3.05, 3.63) is 18.2 Å². The third-order valence-corrected chi connectivity index (χ3v) is 4.92. The zero-order chi connectivity index (χ0) is 16.3. The number of carbonyl (C=O) groups is 1. The van der Waals surface area contributed by atoms with Crippen LogP contribution < -0.4 is 10.5 Å². The van der Waals surface area contributed by atoms with E-state index in [1.165, 1.54) is 13.1 Å². The van der Waals surface area contributed by atoms with Crippen LogP contribution in [0.15, 0.2) is 28.0 Å². The molecule has 21 heavy (non-hydrogen) atoms. The van der Waals surface area contributed by atoms with Crippen LogP contribution >= 0.6 is 11.8 Å². The molecule has 0 saturated heterocycles. The highest BCUT2D eigenvalue weighted by atomic mass is 32.2. The predicted molar refractivity (Wildman–Crippen MR) is 83.7 cm³/mol. The van der Waals surface area contributed by atoms with Crippen LogP contribution in [0.3, 0.4) is 0 Å². The summed E-state index contributed by atoms with van der Waals surface area (Å²) in [6.45, 7) is 5.32. The summed E-state index contributed by atoms with van der Waals surface area (Å²) in [5.74, 6) is -0.384. The highest BCUT2D eigenvalue weighted by Crippen LogP contribution is 2.28. The minimum absolute atomic E-state index is 0.0213. The normalized spacial score (nSPS) is 12.2. The number of carbonyl (C=O) groups excluding carboxylic acids is 1. The largest absolute Gasteiger partial charge is 0.459 e. The average molecular weight is 332 g/mol. The van der Waals surface area contributed by atoms with Gasteiger partial charge in [-0.05, 0) is 46.0 Å². The highest BCUT2D eigenvalue weighted by molar-refractivity contribution is 8.00. The van der Waals surface area contributed by atoms with Crippen molar-refractivity contribution >= 4 is 33.4 Å². The second-order valence-corrected chi connectivity index (χ2v) is 8.16. The van der Waals surface area contributed by atoms with Gasteiger partial charge in [0.05, 0.1) is 10.6 Å². The Hall–Kier alpha value is -1.25. The third kappa shape index (κ3) is 5.56. The molecule has 0 atom stereocenters. The van der Waals surface area contributed by atoms with Crippen LogP contribution in [0.2, 0.25) is 0 Å². The molecule has 0 aliphatic carbocycles. The maximum absolute atomic E-state index is 12.0. The van der Waals surface area contributed by atoms with Crippen molar-refractivity contribution in [1.29, 1.82) is 0 Å². The van der Waals surface area contributed by atoms with Gasteiger partial charge in [-0.2, -0.15) is 0 Å². The number of nitrogen functional groups attached to an aromatic ring is 1. The van der Waals surface area contributed by atoms with Crippen LogP contribution in [0.1, 0.15) is 20.8 Å². The van der Waals surface area contributed by atoms with Crippen molar-refractivity contribution < 1.29 is 17.9 Å². The average Bonchev–Trinajstić information content (AvgIpc) is 2.35. The fourth-order valence-electron chi connectivity index (χ4n) is 1.47. The van der Waals surface area contributed by atoms with E-state index in [1.54, 1.807) is 32.9 Å². The standard InChI is InChI=1S/C13H20N2O4S2/c1-13(2,3)19-12(16)8-20-10-6-5-9(14)7-11(10)21(17,18)15-4/h5-7,15H,8,14H2,1-4H3. The first-order valence-electron chi connectivity index (χ1n) is 6.23. The van der Waals surface area contributed by atoms with Crippen LogP contribution in [0, 0.1) is 0 Å². The molecule has 1 aromatic rings. The molecule has 118 valence electrons. The fraction of sp³-hybridized carbons (Fsp3) is 0.462. The molecule has 8 heteroatoms. The first-order valence-corrected chi connectivity index (χ1v) is 8.70. The molecule has 3 N–H and O–H groups in total. The van der Waals surface area contributed by atoms with E-state index in [-0.39, 0.29) is 10.6 Å². The molecule has 0 heterocycles. The molecule has 0 aliphatic heterocycles. The Morgan fingerprint density at radius 2 is 2.00 bits per heavy atom. The lowest BCUT2D eigenvalue weighted by molar-refractivity contribution is -0.151. The number of esters is 1. The lowest BCUT2D eigenvalue weighted by atomic mass is 10.2. The van der Waals surface area contributed by atoms with E-state index < -0.39 is 21.6 Å². The Bertz CT molecular complexity index is 622. The van der Waals surface area contributed by atoms with Crippen LogP contribution in [-0.2, 0) is 19.6 Å². The number of nitrogens with one attached hydrogen (secondary N) is 1. The highest BCUT2D eigenvalue weighted by Gasteiger charge is 2.20. The Morgan fingerprint density at radius 1 is 1.38 bits per heavy atom. The number of thioether (sulfide) groups is 1. The van der Waals surface area contributed by atoms with E-state index in [0.717, 1.165) is 11.8 Å². The van der Waals surface area contributed by atoms with E-state index in [2.05, 4.69) is 4.72 Å². The maximum Gasteiger partial charge on any atom is 0.316 e. The van der Waals surface area contributed by atoms with Crippen LogP contribution in [0.4, 0.5) is 5.69 Å². The summed E-state index contributed by atoms with van der Waals surface area (Å²) in [5, 5.41) is 0. The molecular formula is C13H20N2O4S2. The van der Waals surface area contributed by atoms with Crippen molar-refractivity contribution in [2.75, 3.05) is 18.5 Å². The van der Waals surface area contributed by atoms with Crippen LogP contribution in [0.25, 0.3) is 0 Å². The van der Waals surface area contributed by atoms with Crippen LogP contribution in [-0.4, -0.2) is 32.8 Å². The number of benzene rings is 1. The van der Waals surface area contributed by atoms with Gasteiger partial charge in [-0.25, -0.2) is 13.1 Å². The van der Waals surface area contributed by atoms with Gasteiger partial charge >= 0.3 is 5.97 Å². The molecule has 0 amide bonds.